The molecule has 0 unspecified atom stereocenters. The van der Waals surface area contributed by atoms with Crippen LogP contribution in [0.4, 0.5) is 22.0 Å². The van der Waals surface area contributed by atoms with Crippen LogP contribution in [0.5, 0.6) is 0 Å². The summed E-state index contributed by atoms with van der Waals surface area (Å²) in [5.41, 5.74) is 0.177. The van der Waals surface area contributed by atoms with E-state index in [-0.39, 0.29) is 28.2 Å². The van der Waals surface area contributed by atoms with Crippen LogP contribution in [0.15, 0.2) is 24.4 Å². The summed E-state index contributed by atoms with van der Waals surface area (Å²) in [5, 5.41) is -1.12. The molecule has 0 aliphatic rings. The van der Waals surface area contributed by atoms with Gasteiger partial charge < -0.3 is 0 Å². The molecule has 0 N–H and O–H groups in total. The molecule has 0 bridgehead atoms. The lowest BCUT2D eigenvalue weighted by molar-refractivity contribution is -0.137. The quantitative estimate of drug-likeness (QED) is 0.636. The fourth-order valence-corrected chi connectivity index (χ4v) is 2.18. The van der Waals surface area contributed by atoms with E-state index in [2.05, 4.69) is 4.98 Å². The summed E-state index contributed by atoms with van der Waals surface area (Å²) in [6.07, 6.45) is -4.10. The van der Waals surface area contributed by atoms with Crippen molar-refractivity contribution < 1.29 is 26.7 Å². The Morgan fingerprint density at radius 2 is 1.90 bits per heavy atom. The van der Waals surface area contributed by atoms with Crippen LogP contribution in [0.2, 0.25) is 0 Å². The first kappa shape index (κ1) is 14.6. The second-order valence-electron chi connectivity index (χ2n) is 3.88. The molecule has 2 aromatic rings. The molecule has 0 saturated heterocycles. The van der Waals surface area contributed by atoms with Crippen molar-refractivity contribution in [2.45, 2.75) is 12.6 Å². The second kappa shape index (κ2) is 5.28. The van der Waals surface area contributed by atoms with E-state index in [0.29, 0.717) is 0 Å². The van der Waals surface area contributed by atoms with Gasteiger partial charge in [-0.3, -0.25) is 4.79 Å². The van der Waals surface area contributed by atoms with Crippen molar-refractivity contribution in [3.05, 3.63) is 51.5 Å². The maximum atomic E-state index is 12.9. The number of thiazole rings is 1. The molecule has 0 fully saturated rings. The third kappa shape index (κ3) is 3.19. The smallest absolute Gasteiger partial charge is 0.293 e. The number of ketones is 1. The molecule has 106 valence electrons. The molecule has 0 amide bonds. The molecule has 0 aliphatic heterocycles. The number of Topliss-reactive ketones (excluding diaryl/α,β-unsaturated/α-hetero) is 1. The molecule has 1 heterocycles. The minimum absolute atomic E-state index is 0.177. The van der Waals surface area contributed by atoms with Gasteiger partial charge in [-0.25, -0.2) is 13.8 Å². The van der Waals surface area contributed by atoms with E-state index < -0.39 is 28.6 Å². The van der Waals surface area contributed by atoms with Crippen LogP contribution in [0, 0.1) is 11.6 Å². The highest BCUT2D eigenvalue weighted by Crippen LogP contribution is 2.32. The van der Waals surface area contributed by atoms with Gasteiger partial charge in [-0.15, -0.1) is 11.3 Å². The Morgan fingerprint density at radius 3 is 2.45 bits per heavy atom. The standard InChI is InChI=1S/C12H6F5NOS/c13-7-2-1-6(3-8(7)14)4-9(19)10-5-18-11(20-10)12(15,16)17/h1-3,5H,4H2. The summed E-state index contributed by atoms with van der Waals surface area (Å²) in [6.45, 7) is 0. The largest absolute Gasteiger partial charge is 0.443 e. The van der Waals surface area contributed by atoms with Crippen LogP contribution >= 0.6 is 11.3 Å². The van der Waals surface area contributed by atoms with Crippen molar-refractivity contribution in [1.29, 1.82) is 0 Å². The van der Waals surface area contributed by atoms with Crippen LogP contribution < -0.4 is 0 Å². The summed E-state index contributed by atoms with van der Waals surface area (Å²) in [4.78, 5) is 14.7. The molecule has 1 aromatic heterocycles. The van der Waals surface area contributed by atoms with Crippen molar-refractivity contribution >= 4 is 17.1 Å². The molecule has 0 radical (unpaired) electrons. The van der Waals surface area contributed by atoms with Crippen molar-refractivity contribution in [2.75, 3.05) is 0 Å². The number of carbonyl (C=O) groups excluding carboxylic acids is 1. The fourth-order valence-electron chi connectivity index (χ4n) is 1.46. The summed E-state index contributed by atoms with van der Waals surface area (Å²) in [5.74, 6) is -2.81. The molecule has 20 heavy (non-hydrogen) atoms. The zero-order chi connectivity index (χ0) is 14.9. The molecular weight excluding hydrogens is 301 g/mol. The minimum Gasteiger partial charge on any atom is -0.293 e. The van der Waals surface area contributed by atoms with Crippen LogP contribution in [-0.4, -0.2) is 10.8 Å². The van der Waals surface area contributed by atoms with Crippen LogP contribution in [-0.2, 0) is 12.6 Å². The lowest BCUT2D eigenvalue weighted by atomic mass is 10.1. The van der Waals surface area contributed by atoms with Gasteiger partial charge in [0.15, 0.2) is 22.4 Å². The average Bonchev–Trinajstić information content (AvgIpc) is 2.83. The number of benzene rings is 1. The first-order chi connectivity index (χ1) is 9.27. The zero-order valence-corrected chi connectivity index (χ0v) is 10.5. The van der Waals surface area contributed by atoms with Crippen molar-refractivity contribution in [1.82, 2.24) is 4.98 Å². The Balaban J connectivity index is 2.16. The zero-order valence-electron chi connectivity index (χ0n) is 9.67. The van der Waals surface area contributed by atoms with Gasteiger partial charge in [-0.1, -0.05) is 6.07 Å². The van der Waals surface area contributed by atoms with Gasteiger partial charge in [0.05, 0.1) is 4.88 Å². The predicted octanol–water partition coefficient (Wildman–Crippen LogP) is 3.87. The Labute approximate surface area is 113 Å². The maximum absolute atomic E-state index is 12.9. The molecule has 2 nitrogen and oxygen atoms in total. The Hall–Kier alpha value is -1.83. The van der Waals surface area contributed by atoms with E-state index in [4.69, 9.17) is 0 Å². The SMILES string of the molecule is O=C(Cc1ccc(F)c(F)c1)c1cnc(C(F)(F)F)s1. The minimum atomic E-state index is -4.61. The van der Waals surface area contributed by atoms with E-state index in [1.54, 1.807) is 0 Å². The lowest BCUT2D eigenvalue weighted by Crippen LogP contribution is -2.03. The third-order valence-electron chi connectivity index (χ3n) is 2.37. The Bertz CT molecular complexity index is 650. The summed E-state index contributed by atoms with van der Waals surface area (Å²) < 4.78 is 62.7. The van der Waals surface area contributed by atoms with Gasteiger partial charge in [-0.2, -0.15) is 13.2 Å². The van der Waals surface area contributed by atoms with Crippen LogP contribution in [0.1, 0.15) is 20.2 Å². The highest BCUT2D eigenvalue weighted by Gasteiger charge is 2.35. The average molecular weight is 307 g/mol. The molecular formula is C12H6F5NOS. The highest BCUT2D eigenvalue weighted by atomic mass is 32.1. The monoisotopic (exact) mass is 307 g/mol. The Kier molecular flexibility index (Phi) is 3.85. The first-order valence-corrected chi connectivity index (χ1v) is 6.09. The van der Waals surface area contributed by atoms with E-state index in [1.165, 1.54) is 6.07 Å². The van der Waals surface area contributed by atoms with Crippen molar-refractivity contribution in [2.24, 2.45) is 0 Å². The number of alkyl halides is 3. The highest BCUT2D eigenvalue weighted by molar-refractivity contribution is 7.13. The summed E-state index contributed by atoms with van der Waals surface area (Å²) in [6, 6.07) is 2.88. The number of halogens is 5. The van der Waals surface area contributed by atoms with Crippen molar-refractivity contribution in [3.63, 3.8) is 0 Å². The number of nitrogens with zero attached hydrogens (tertiary/aromatic N) is 1. The predicted molar refractivity (Wildman–Crippen MR) is 61.5 cm³/mol. The number of aromatic nitrogens is 1. The molecule has 0 atom stereocenters. The van der Waals surface area contributed by atoms with Gasteiger partial charge in [0.2, 0.25) is 0 Å². The van der Waals surface area contributed by atoms with E-state index in [0.717, 1.165) is 18.3 Å². The summed E-state index contributed by atoms with van der Waals surface area (Å²) in [7, 11) is 0. The van der Waals surface area contributed by atoms with Gasteiger partial charge in [0, 0.05) is 12.6 Å². The molecule has 0 saturated carbocycles. The molecule has 2 rings (SSSR count). The first-order valence-electron chi connectivity index (χ1n) is 5.27. The maximum Gasteiger partial charge on any atom is 0.443 e. The van der Waals surface area contributed by atoms with E-state index >= 15 is 0 Å². The molecule has 1 aromatic carbocycles. The van der Waals surface area contributed by atoms with Crippen LogP contribution in [0.25, 0.3) is 0 Å². The molecule has 8 heteroatoms. The lowest BCUT2D eigenvalue weighted by Gasteiger charge is -2.01. The molecule has 0 spiro atoms. The van der Waals surface area contributed by atoms with E-state index in [1.807, 2.05) is 0 Å². The molecule has 0 aliphatic carbocycles. The van der Waals surface area contributed by atoms with Gasteiger partial charge in [0.1, 0.15) is 0 Å². The number of hydrogen-bond donors (Lipinski definition) is 0. The second-order valence-corrected chi connectivity index (χ2v) is 4.91. The number of carbonyl (C=O) groups is 1. The Morgan fingerprint density at radius 1 is 1.20 bits per heavy atom. The summed E-state index contributed by atoms with van der Waals surface area (Å²) >= 11 is 0.221. The number of hydrogen-bond acceptors (Lipinski definition) is 3. The van der Waals surface area contributed by atoms with Gasteiger partial charge in [-0.05, 0) is 17.7 Å². The van der Waals surface area contributed by atoms with Crippen molar-refractivity contribution in [3.8, 4) is 0 Å². The van der Waals surface area contributed by atoms with Gasteiger partial charge >= 0.3 is 6.18 Å². The van der Waals surface area contributed by atoms with Gasteiger partial charge in [0.25, 0.3) is 0 Å². The van der Waals surface area contributed by atoms with E-state index in [9.17, 15) is 26.7 Å². The fraction of sp³-hybridized carbons (Fsp3) is 0.167. The normalized spacial score (nSPS) is 11.7. The third-order valence-corrected chi connectivity index (χ3v) is 3.45. The topological polar surface area (TPSA) is 30.0 Å². The van der Waals surface area contributed by atoms with Crippen LogP contribution in [0.3, 0.4) is 0 Å². The number of rotatable bonds is 3.